The molecule has 0 saturated heterocycles. The molecule has 0 aliphatic heterocycles. The number of aromatic nitrogens is 2. The first kappa shape index (κ1) is 23.8. The zero-order valence-electron chi connectivity index (χ0n) is 19.0. The van der Waals surface area contributed by atoms with E-state index in [1.165, 1.54) is 31.4 Å². The number of nitrogens with zero attached hydrogens (tertiary/aromatic N) is 1. The fourth-order valence-corrected chi connectivity index (χ4v) is 3.62. The first-order chi connectivity index (χ1) is 17.0. The fraction of sp³-hybridized carbons (Fsp3) is 0.154. The molecule has 3 aromatic carbocycles. The second kappa shape index (κ2) is 10.7. The summed E-state index contributed by atoms with van der Waals surface area (Å²) in [5, 5.41) is 19.7. The van der Waals surface area contributed by atoms with Gasteiger partial charge in [0.25, 0.3) is 5.91 Å². The van der Waals surface area contributed by atoms with E-state index >= 15 is 0 Å². The molecular weight excluding hydrogens is 451 g/mol. The number of hydrogen-bond donors (Lipinski definition) is 4. The monoisotopic (exact) mass is 476 g/mol. The van der Waals surface area contributed by atoms with Gasteiger partial charge in [0, 0.05) is 17.3 Å². The van der Waals surface area contributed by atoms with Crippen LogP contribution in [-0.2, 0) is 0 Å². The lowest BCUT2D eigenvalue weighted by Crippen LogP contribution is -2.30. The molecule has 1 heterocycles. The van der Waals surface area contributed by atoms with E-state index in [0.29, 0.717) is 18.5 Å². The summed E-state index contributed by atoms with van der Waals surface area (Å²) < 4.78 is 24.8. The molecule has 0 radical (unpaired) electrons. The number of methoxy groups -OCH3 is 1. The average Bonchev–Trinajstić information content (AvgIpc) is 3.42. The van der Waals surface area contributed by atoms with Gasteiger partial charge in [-0.2, -0.15) is 9.49 Å². The molecule has 9 heteroatoms. The van der Waals surface area contributed by atoms with Crippen LogP contribution < -0.4 is 20.5 Å². The summed E-state index contributed by atoms with van der Waals surface area (Å²) in [6, 6.07) is 16.3. The van der Waals surface area contributed by atoms with Crippen LogP contribution in [0.5, 0.6) is 23.0 Å². The van der Waals surface area contributed by atoms with E-state index in [1.54, 1.807) is 18.3 Å². The Morgan fingerprint density at radius 3 is 2.49 bits per heavy atom. The summed E-state index contributed by atoms with van der Waals surface area (Å²) in [5.74, 6) is -1.64. The number of phenols is 1. The topological polar surface area (TPSA) is 122 Å². The minimum Gasteiger partial charge on any atom is -0.504 e. The number of phenolic OH excluding ortho intramolecular Hbond substituents is 1. The number of nitrogens with one attached hydrogen (secondary N) is 2. The van der Waals surface area contributed by atoms with Gasteiger partial charge in [0.2, 0.25) is 11.6 Å². The molecule has 0 aliphatic rings. The van der Waals surface area contributed by atoms with Crippen LogP contribution in [-0.4, -0.2) is 34.9 Å². The minimum absolute atomic E-state index is 0.0578. The molecule has 0 spiro atoms. The van der Waals surface area contributed by atoms with Crippen molar-refractivity contribution in [3.8, 4) is 34.1 Å². The SMILES string of the molecule is COc1ccc(O)c(Oc2ccc(C(=O)NC(CCN)c3ccc(-c4cn[nH]c4)cc3)cc2)c1F. The maximum Gasteiger partial charge on any atom is 0.251 e. The van der Waals surface area contributed by atoms with Crippen molar-refractivity contribution in [1.82, 2.24) is 15.5 Å². The molecule has 5 N–H and O–H groups in total. The van der Waals surface area contributed by atoms with E-state index in [2.05, 4.69) is 15.5 Å². The molecule has 4 rings (SSSR count). The van der Waals surface area contributed by atoms with E-state index in [-0.39, 0.29) is 34.9 Å². The Kier molecular flexibility index (Phi) is 7.27. The summed E-state index contributed by atoms with van der Waals surface area (Å²) in [7, 11) is 1.32. The van der Waals surface area contributed by atoms with Crippen LogP contribution in [0.1, 0.15) is 28.4 Å². The normalized spacial score (nSPS) is 11.6. The highest BCUT2D eigenvalue weighted by Crippen LogP contribution is 2.38. The van der Waals surface area contributed by atoms with E-state index < -0.39 is 5.82 Å². The van der Waals surface area contributed by atoms with Gasteiger partial charge in [-0.1, -0.05) is 24.3 Å². The lowest BCUT2D eigenvalue weighted by Gasteiger charge is -2.19. The average molecular weight is 477 g/mol. The van der Waals surface area contributed by atoms with Gasteiger partial charge in [-0.25, -0.2) is 0 Å². The Labute approximate surface area is 201 Å². The van der Waals surface area contributed by atoms with Crippen molar-refractivity contribution in [2.75, 3.05) is 13.7 Å². The van der Waals surface area contributed by atoms with Gasteiger partial charge in [0.1, 0.15) is 5.75 Å². The Hall–Kier alpha value is -4.37. The molecule has 4 aromatic rings. The van der Waals surface area contributed by atoms with Gasteiger partial charge in [0.05, 0.1) is 19.3 Å². The quantitative estimate of drug-likeness (QED) is 0.281. The predicted octanol–water partition coefficient (Wildman–Crippen LogP) is 4.54. The largest absolute Gasteiger partial charge is 0.504 e. The van der Waals surface area contributed by atoms with Crippen LogP contribution in [0, 0.1) is 5.82 Å². The van der Waals surface area contributed by atoms with Gasteiger partial charge in [0.15, 0.2) is 11.5 Å². The second-order valence-electron chi connectivity index (χ2n) is 7.77. The third-order valence-corrected chi connectivity index (χ3v) is 5.50. The Morgan fingerprint density at radius 2 is 1.86 bits per heavy atom. The third kappa shape index (κ3) is 5.42. The van der Waals surface area contributed by atoms with Crippen LogP contribution in [0.15, 0.2) is 73.1 Å². The molecule has 0 saturated carbocycles. The molecule has 0 fully saturated rings. The van der Waals surface area contributed by atoms with Gasteiger partial charge < -0.3 is 25.6 Å². The van der Waals surface area contributed by atoms with Gasteiger partial charge >= 0.3 is 0 Å². The van der Waals surface area contributed by atoms with Crippen LogP contribution in [0.25, 0.3) is 11.1 Å². The zero-order chi connectivity index (χ0) is 24.8. The summed E-state index contributed by atoms with van der Waals surface area (Å²) in [6.45, 7) is 0.400. The smallest absolute Gasteiger partial charge is 0.251 e. The lowest BCUT2D eigenvalue weighted by atomic mass is 10.00. The fourth-order valence-electron chi connectivity index (χ4n) is 3.62. The molecule has 35 heavy (non-hydrogen) atoms. The molecule has 1 unspecified atom stereocenters. The van der Waals surface area contributed by atoms with E-state index in [1.807, 2.05) is 30.5 Å². The number of carbonyl (C=O) groups excluding carboxylic acids is 1. The second-order valence-corrected chi connectivity index (χ2v) is 7.77. The summed E-state index contributed by atoms with van der Waals surface area (Å²) in [5.41, 5.74) is 9.09. The molecule has 1 aromatic heterocycles. The van der Waals surface area contributed by atoms with E-state index in [4.69, 9.17) is 15.2 Å². The zero-order valence-corrected chi connectivity index (χ0v) is 19.0. The Morgan fingerprint density at radius 1 is 1.11 bits per heavy atom. The van der Waals surface area contributed by atoms with Crippen molar-refractivity contribution in [2.24, 2.45) is 5.73 Å². The Bertz CT molecular complexity index is 1280. The highest BCUT2D eigenvalue weighted by molar-refractivity contribution is 5.94. The van der Waals surface area contributed by atoms with Crippen molar-refractivity contribution >= 4 is 5.91 Å². The predicted molar refractivity (Wildman–Crippen MR) is 129 cm³/mol. The number of ether oxygens (including phenoxy) is 2. The number of H-pyrrole nitrogens is 1. The molecule has 1 amide bonds. The molecule has 0 aliphatic carbocycles. The van der Waals surface area contributed by atoms with Crippen molar-refractivity contribution in [3.05, 3.63) is 90.0 Å². The van der Waals surface area contributed by atoms with Gasteiger partial charge in [-0.15, -0.1) is 0 Å². The number of amides is 1. The minimum atomic E-state index is -0.822. The molecule has 8 nitrogen and oxygen atoms in total. The molecule has 0 bridgehead atoms. The summed E-state index contributed by atoms with van der Waals surface area (Å²) in [6.07, 6.45) is 4.11. The number of carbonyl (C=O) groups is 1. The lowest BCUT2D eigenvalue weighted by molar-refractivity contribution is 0.0935. The number of halogens is 1. The molecule has 1 atom stereocenters. The highest BCUT2D eigenvalue weighted by atomic mass is 19.1. The molecule has 180 valence electrons. The van der Waals surface area contributed by atoms with Crippen molar-refractivity contribution in [2.45, 2.75) is 12.5 Å². The maximum atomic E-state index is 14.4. The van der Waals surface area contributed by atoms with Crippen molar-refractivity contribution < 1.29 is 23.8 Å². The number of aromatic hydroxyl groups is 1. The summed E-state index contributed by atoms with van der Waals surface area (Å²) >= 11 is 0. The number of hydrogen-bond acceptors (Lipinski definition) is 6. The Balaban J connectivity index is 1.46. The number of benzene rings is 3. The maximum absolute atomic E-state index is 14.4. The van der Waals surface area contributed by atoms with Crippen LogP contribution >= 0.6 is 0 Å². The standard InChI is InChI=1S/C26H25FN4O4/c1-34-23-11-10-22(32)25(24(23)27)35-20-8-6-18(7-9-20)26(33)31-21(12-13-28)17-4-2-16(3-5-17)19-14-29-30-15-19/h2-11,14-15,21,32H,12-13,28H2,1H3,(H,29,30)(H,31,33). The first-order valence-corrected chi connectivity index (χ1v) is 10.9. The number of nitrogens with two attached hydrogens (primary N) is 1. The van der Waals surface area contributed by atoms with Crippen molar-refractivity contribution in [1.29, 1.82) is 0 Å². The van der Waals surface area contributed by atoms with E-state index in [0.717, 1.165) is 16.7 Å². The van der Waals surface area contributed by atoms with Gasteiger partial charge in [-0.05, 0) is 60.5 Å². The number of aromatic amines is 1. The molecular formula is C26H25FN4O4. The number of rotatable bonds is 9. The van der Waals surface area contributed by atoms with Crippen LogP contribution in [0.2, 0.25) is 0 Å². The van der Waals surface area contributed by atoms with Crippen LogP contribution in [0.3, 0.4) is 0 Å². The third-order valence-electron chi connectivity index (χ3n) is 5.50. The summed E-state index contributed by atoms with van der Waals surface area (Å²) in [4.78, 5) is 12.9. The first-order valence-electron chi connectivity index (χ1n) is 10.9. The van der Waals surface area contributed by atoms with Crippen LogP contribution in [0.4, 0.5) is 4.39 Å². The van der Waals surface area contributed by atoms with Crippen molar-refractivity contribution in [3.63, 3.8) is 0 Å². The highest BCUT2D eigenvalue weighted by Gasteiger charge is 2.18. The van der Waals surface area contributed by atoms with E-state index in [9.17, 15) is 14.3 Å². The van der Waals surface area contributed by atoms with Gasteiger partial charge in [-0.3, -0.25) is 9.89 Å².